The lowest BCUT2D eigenvalue weighted by atomic mass is 10.1. The Kier molecular flexibility index (Phi) is 6.92. The van der Waals surface area contributed by atoms with Crippen LogP contribution in [0.25, 0.3) is 0 Å². The van der Waals surface area contributed by atoms with Crippen LogP contribution in [0.5, 0.6) is 17.2 Å². The average molecular weight is 433 g/mol. The number of carbonyl (C=O) groups is 1. The summed E-state index contributed by atoms with van der Waals surface area (Å²) < 4.78 is 16.9. The zero-order chi connectivity index (χ0) is 22.3. The predicted octanol–water partition coefficient (Wildman–Crippen LogP) is 3.90. The quantitative estimate of drug-likeness (QED) is 0.556. The normalized spacial score (nSPS) is 13.8. The minimum atomic E-state index is -0.135. The number of benzene rings is 3. The van der Waals surface area contributed by atoms with Crippen LogP contribution in [0.15, 0.2) is 72.8 Å². The molecule has 1 saturated heterocycles. The van der Waals surface area contributed by atoms with Gasteiger partial charge < -0.3 is 19.5 Å². The van der Waals surface area contributed by atoms with Gasteiger partial charge in [0.05, 0.1) is 19.8 Å². The summed E-state index contributed by atoms with van der Waals surface area (Å²) in [4.78, 5) is 15.0. The number of carbonyl (C=O) groups excluding carboxylic acids is 1. The first-order valence-electron chi connectivity index (χ1n) is 10.7. The molecule has 3 aromatic carbocycles. The molecule has 1 N–H and O–H groups in total. The van der Waals surface area contributed by atoms with Crippen LogP contribution in [-0.2, 0) is 13.1 Å². The molecule has 0 saturated carbocycles. The second-order valence-corrected chi connectivity index (χ2v) is 7.82. The Morgan fingerprint density at radius 3 is 2.25 bits per heavy atom. The van der Waals surface area contributed by atoms with Gasteiger partial charge in [0, 0.05) is 32.2 Å². The van der Waals surface area contributed by atoms with E-state index < -0.39 is 0 Å². The summed E-state index contributed by atoms with van der Waals surface area (Å²) in [6.07, 6.45) is 0.0468. The summed E-state index contributed by atoms with van der Waals surface area (Å²) >= 11 is 0. The zero-order valence-electron chi connectivity index (χ0n) is 18.4. The van der Waals surface area contributed by atoms with Crippen molar-refractivity contribution in [1.29, 1.82) is 0 Å². The highest BCUT2D eigenvalue weighted by Gasteiger charge is 2.29. The fraction of sp³-hybridized carbons (Fsp3) is 0.269. The van der Waals surface area contributed by atoms with Crippen molar-refractivity contribution in [3.05, 3.63) is 89.5 Å². The Bertz CT molecular complexity index is 1030. The number of methoxy groups -OCH3 is 2. The molecule has 0 unspecified atom stereocenters. The highest BCUT2D eigenvalue weighted by molar-refractivity contribution is 5.96. The summed E-state index contributed by atoms with van der Waals surface area (Å²) in [5.74, 6) is 2.04. The molecule has 1 aliphatic heterocycles. The number of ether oxygens (including phenoxy) is 3. The third kappa shape index (κ3) is 5.39. The minimum Gasteiger partial charge on any atom is -0.497 e. The number of amides is 1. The van der Waals surface area contributed by atoms with E-state index in [2.05, 4.69) is 10.2 Å². The second kappa shape index (κ2) is 10.2. The fourth-order valence-corrected chi connectivity index (χ4v) is 3.75. The van der Waals surface area contributed by atoms with E-state index in [1.807, 2.05) is 66.7 Å². The summed E-state index contributed by atoms with van der Waals surface area (Å²) in [6, 6.07) is 23.2. The highest BCUT2D eigenvalue weighted by Crippen LogP contribution is 2.27. The number of hydrogen-bond acceptors (Lipinski definition) is 5. The number of nitrogens with zero attached hydrogens (tertiary/aromatic N) is 1. The SMILES string of the molecule is COc1cc(CN2CC(Oc3ccccc3C(=O)NCc3ccccc3)C2)cc(OC)c1. The maximum Gasteiger partial charge on any atom is 0.255 e. The molecule has 0 spiro atoms. The van der Waals surface area contributed by atoms with Gasteiger partial charge in [0.15, 0.2) is 0 Å². The predicted molar refractivity (Wildman–Crippen MR) is 123 cm³/mol. The highest BCUT2D eigenvalue weighted by atomic mass is 16.5. The molecule has 6 nitrogen and oxygen atoms in total. The second-order valence-electron chi connectivity index (χ2n) is 7.82. The van der Waals surface area contributed by atoms with Gasteiger partial charge in [-0.2, -0.15) is 0 Å². The van der Waals surface area contributed by atoms with E-state index in [1.54, 1.807) is 20.3 Å². The van der Waals surface area contributed by atoms with Gasteiger partial charge in [0.1, 0.15) is 23.4 Å². The zero-order valence-corrected chi connectivity index (χ0v) is 18.4. The van der Waals surface area contributed by atoms with Gasteiger partial charge in [-0.25, -0.2) is 0 Å². The first-order valence-corrected chi connectivity index (χ1v) is 10.7. The first-order chi connectivity index (χ1) is 15.6. The number of hydrogen-bond donors (Lipinski definition) is 1. The third-order valence-electron chi connectivity index (χ3n) is 5.46. The lowest BCUT2D eigenvalue weighted by Crippen LogP contribution is -2.53. The lowest BCUT2D eigenvalue weighted by Gasteiger charge is -2.39. The molecule has 1 amide bonds. The van der Waals surface area contributed by atoms with Gasteiger partial charge in [-0.1, -0.05) is 42.5 Å². The largest absolute Gasteiger partial charge is 0.497 e. The molecule has 0 radical (unpaired) electrons. The van der Waals surface area contributed by atoms with Crippen LogP contribution in [0.3, 0.4) is 0 Å². The van der Waals surface area contributed by atoms with Gasteiger partial charge in [-0.3, -0.25) is 9.69 Å². The van der Waals surface area contributed by atoms with Crippen LogP contribution >= 0.6 is 0 Å². The fourth-order valence-electron chi connectivity index (χ4n) is 3.75. The van der Waals surface area contributed by atoms with Crippen LogP contribution in [0.4, 0.5) is 0 Å². The van der Waals surface area contributed by atoms with Crippen molar-refractivity contribution in [3.63, 3.8) is 0 Å². The topological polar surface area (TPSA) is 60.0 Å². The Morgan fingerprint density at radius 1 is 0.906 bits per heavy atom. The van der Waals surface area contributed by atoms with Crippen molar-refractivity contribution in [3.8, 4) is 17.2 Å². The van der Waals surface area contributed by atoms with Crippen molar-refractivity contribution in [2.45, 2.75) is 19.2 Å². The first kappa shape index (κ1) is 21.7. The van der Waals surface area contributed by atoms with Gasteiger partial charge in [0.2, 0.25) is 0 Å². The summed E-state index contributed by atoms with van der Waals surface area (Å²) in [5, 5.41) is 2.97. The lowest BCUT2D eigenvalue weighted by molar-refractivity contribution is 0.0140. The van der Waals surface area contributed by atoms with Crippen molar-refractivity contribution in [2.75, 3.05) is 27.3 Å². The van der Waals surface area contributed by atoms with Gasteiger partial charge in [-0.15, -0.1) is 0 Å². The Morgan fingerprint density at radius 2 is 1.56 bits per heavy atom. The van der Waals surface area contributed by atoms with E-state index in [1.165, 1.54) is 0 Å². The monoisotopic (exact) mass is 432 g/mol. The van der Waals surface area contributed by atoms with Crippen LogP contribution in [0.1, 0.15) is 21.5 Å². The Labute approximate surface area is 188 Å². The third-order valence-corrected chi connectivity index (χ3v) is 5.46. The molecular weight excluding hydrogens is 404 g/mol. The smallest absolute Gasteiger partial charge is 0.255 e. The van der Waals surface area contributed by atoms with E-state index in [0.717, 1.165) is 42.3 Å². The van der Waals surface area contributed by atoms with Crippen LogP contribution in [-0.4, -0.2) is 44.2 Å². The van der Waals surface area contributed by atoms with Crippen molar-refractivity contribution in [2.24, 2.45) is 0 Å². The molecule has 166 valence electrons. The van der Waals surface area contributed by atoms with E-state index in [0.29, 0.717) is 17.9 Å². The van der Waals surface area contributed by atoms with Crippen molar-refractivity contribution in [1.82, 2.24) is 10.2 Å². The van der Waals surface area contributed by atoms with Crippen molar-refractivity contribution < 1.29 is 19.0 Å². The van der Waals surface area contributed by atoms with Crippen LogP contribution < -0.4 is 19.5 Å². The molecule has 4 rings (SSSR count). The molecule has 0 aromatic heterocycles. The van der Waals surface area contributed by atoms with Gasteiger partial charge >= 0.3 is 0 Å². The molecule has 32 heavy (non-hydrogen) atoms. The van der Waals surface area contributed by atoms with E-state index in [4.69, 9.17) is 14.2 Å². The van der Waals surface area contributed by atoms with Gasteiger partial charge in [-0.05, 0) is 35.4 Å². The number of rotatable bonds is 9. The number of nitrogens with one attached hydrogen (secondary N) is 1. The molecule has 1 aliphatic rings. The molecule has 3 aromatic rings. The molecule has 0 bridgehead atoms. The summed E-state index contributed by atoms with van der Waals surface area (Å²) in [6.45, 7) is 2.85. The molecule has 1 fully saturated rings. The molecule has 6 heteroatoms. The minimum absolute atomic E-state index is 0.0468. The molecular formula is C26H28N2O4. The molecule has 1 heterocycles. The van der Waals surface area contributed by atoms with Gasteiger partial charge in [0.25, 0.3) is 5.91 Å². The maximum absolute atomic E-state index is 12.7. The van der Waals surface area contributed by atoms with E-state index in [-0.39, 0.29) is 12.0 Å². The average Bonchev–Trinajstić information content (AvgIpc) is 2.81. The number of para-hydroxylation sites is 1. The standard InChI is InChI=1S/C26H28N2O4/c1-30-21-12-20(13-22(14-21)31-2)16-28-17-23(18-28)32-25-11-7-6-10-24(25)26(29)27-15-19-8-4-3-5-9-19/h3-14,23H,15-18H2,1-2H3,(H,27,29). The van der Waals surface area contributed by atoms with Crippen LogP contribution in [0, 0.1) is 0 Å². The summed E-state index contributed by atoms with van der Waals surface area (Å²) in [7, 11) is 3.30. The van der Waals surface area contributed by atoms with E-state index in [9.17, 15) is 4.79 Å². The molecule has 0 aliphatic carbocycles. The van der Waals surface area contributed by atoms with Crippen LogP contribution in [0.2, 0.25) is 0 Å². The van der Waals surface area contributed by atoms with Crippen molar-refractivity contribution >= 4 is 5.91 Å². The Balaban J connectivity index is 1.32. The van der Waals surface area contributed by atoms with E-state index >= 15 is 0 Å². The maximum atomic E-state index is 12.7. The summed E-state index contributed by atoms with van der Waals surface area (Å²) in [5.41, 5.74) is 2.74. The number of likely N-dealkylation sites (tertiary alicyclic amines) is 1. The Hall–Kier alpha value is -3.51. The molecule has 0 atom stereocenters.